The molecule has 0 radical (unpaired) electrons. The van der Waals surface area contributed by atoms with Crippen LogP contribution in [0.1, 0.15) is 6.92 Å². The second-order valence-electron chi connectivity index (χ2n) is 2.99. The Kier molecular flexibility index (Phi) is 6.49. The van der Waals surface area contributed by atoms with Crippen molar-refractivity contribution in [2.75, 3.05) is 29.3 Å². The summed E-state index contributed by atoms with van der Waals surface area (Å²) in [6.45, 7) is 2.11. The molecule has 0 aliphatic heterocycles. The first-order chi connectivity index (χ1) is 5.45. The maximum Gasteiger partial charge on any atom is 0.148 e. The molecular formula is C7H16O2S3. The molecule has 5 heteroatoms. The molecule has 0 fully saturated rings. The van der Waals surface area contributed by atoms with Crippen molar-refractivity contribution in [1.29, 1.82) is 0 Å². The van der Waals surface area contributed by atoms with E-state index >= 15 is 0 Å². The van der Waals surface area contributed by atoms with Gasteiger partial charge in [0.25, 0.3) is 0 Å². The lowest BCUT2D eigenvalue weighted by molar-refractivity contribution is 0.603. The quantitative estimate of drug-likeness (QED) is 0.550. The highest BCUT2D eigenvalue weighted by Crippen LogP contribution is 2.09. The highest BCUT2D eigenvalue weighted by Gasteiger charge is 2.03. The van der Waals surface area contributed by atoms with E-state index in [1.165, 1.54) is 6.26 Å². The fourth-order valence-corrected chi connectivity index (χ4v) is 3.22. The topological polar surface area (TPSA) is 34.1 Å². The zero-order valence-electron chi connectivity index (χ0n) is 7.49. The lowest BCUT2D eigenvalue weighted by Crippen LogP contribution is -2.07. The van der Waals surface area contributed by atoms with Crippen LogP contribution in [0, 0.1) is 5.92 Å². The second-order valence-corrected chi connectivity index (χ2v) is 6.77. The summed E-state index contributed by atoms with van der Waals surface area (Å²) in [6, 6.07) is 0. The van der Waals surface area contributed by atoms with Crippen LogP contribution in [0.2, 0.25) is 0 Å². The summed E-state index contributed by atoms with van der Waals surface area (Å²) >= 11 is 5.83. The van der Waals surface area contributed by atoms with Gasteiger partial charge in [0.1, 0.15) is 9.84 Å². The first kappa shape index (κ1) is 12.7. The molecule has 0 bridgehead atoms. The Morgan fingerprint density at radius 1 is 1.50 bits per heavy atom. The van der Waals surface area contributed by atoms with Gasteiger partial charge in [-0.2, -0.15) is 24.4 Å². The lowest BCUT2D eigenvalue weighted by Gasteiger charge is -2.05. The van der Waals surface area contributed by atoms with Gasteiger partial charge in [-0.3, -0.25) is 0 Å². The van der Waals surface area contributed by atoms with Gasteiger partial charge in [0.15, 0.2) is 0 Å². The van der Waals surface area contributed by atoms with Crippen molar-refractivity contribution in [3.05, 3.63) is 0 Å². The zero-order valence-corrected chi connectivity index (χ0v) is 10.0. The maximum absolute atomic E-state index is 10.7. The summed E-state index contributed by atoms with van der Waals surface area (Å²) in [5, 5.41) is 0. The van der Waals surface area contributed by atoms with Crippen molar-refractivity contribution in [2.24, 2.45) is 5.92 Å². The van der Waals surface area contributed by atoms with Gasteiger partial charge in [0.05, 0.1) is 5.75 Å². The van der Waals surface area contributed by atoms with Gasteiger partial charge in [-0.1, -0.05) is 6.92 Å². The van der Waals surface area contributed by atoms with Crippen molar-refractivity contribution >= 4 is 34.2 Å². The number of hydrogen-bond acceptors (Lipinski definition) is 4. The highest BCUT2D eigenvalue weighted by atomic mass is 32.2. The predicted molar refractivity (Wildman–Crippen MR) is 60.1 cm³/mol. The normalized spacial score (nSPS) is 14.6. The van der Waals surface area contributed by atoms with Crippen LogP contribution in [0.25, 0.3) is 0 Å². The van der Waals surface area contributed by atoms with Crippen LogP contribution in [0.3, 0.4) is 0 Å². The van der Waals surface area contributed by atoms with E-state index in [0.717, 1.165) is 11.5 Å². The monoisotopic (exact) mass is 228 g/mol. The standard InChI is InChI=1S/C7H16O2S3/c1-7(5-10)6-11-3-4-12(2,8)9/h7,10H,3-6H2,1-2H3. The van der Waals surface area contributed by atoms with Crippen LogP contribution in [0.5, 0.6) is 0 Å². The minimum Gasteiger partial charge on any atom is -0.229 e. The molecule has 0 aliphatic carbocycles. The SMILES string of the molecule is CC(CS)CSCCS(C)(=O)=O. The molecule has 0 N–H and O–H groups in total. The average molecular weight is 228 g/mol. The molecule has 0 aromatic heterocycles. The van der Waals surface area contributed by atoms with Crippen molar-refractivity contribution in [3.8, 4) is 0 Å². The van der Waals surface area contributed by atoms with Crippen molar-refractivity contribution in [1.82, 2.24) is 0 Å². The van der Waals surface area contributed by atoms with Crippen molar-refractivity contribution < 1.29 is 8.42 Å². The van der Waals surface area contributed by atoms with E-state index in [9.17, 15) is 8.42 Å². The molecule has 74 valence electrons. The molecule has 0 rings (SSSR count). The molecule has 0 aromatic carbocycles. The molecule has 0 saturated carbocycles. The Labute approximate surface area is 84.8 Å². The number of sulfone groups is 1. The van der Waals surface area contributed by atoms with Crippen LogP contribution in [-0.4, -0.2) is 37.7 Å². The fourth-order valence-electron chi connectivity index (χ4n) is 0.548. The number of hydrogen-bond donors (Lipinski definition) is 1. The first-order valence-corrected chi connectivity index (χ1v) is 7.67. The van der Waals surface area contributed by atoms with Crippen LogP contribution in [0.15, 0.2) is 0 Å². The Hall–Kier alpha value is 0.650. The Morgan fingerprint density at radius 2 is 2.08 bits per heavy atom. The van der Waals surface area contributed by atoms with E-state index in [1.807, 2.05) is 0 Å². The largest absolute Gasteiger partial charge is 0.229 e. The van der Waals surface area contributed by atoms with Gasteiger partial charge < -0.3 is 0 Å². The summed E-state index contributed by atoms with van der Waals surface area (Å²) in [5.74, 6) is 3.43. The van der Waals surface area contributed by atoms with Crippen molar-refractivity contribution in [3.63, 3.8) is 0 Å². The summed E-state index contributed by atoms with van der Waals surface area (Å²) in [6.07, 6.45) is 1.27. The van der Waals surface area contributed by atoms with Gasteiger partial charge in [0.2, 0.25) is 0 Å². The number of rotatable bonds is 6. The van der Waals surface area contributed by atoms with E-state index < -0.39 is 9.84 Å². The number of thiol groups is 1. The third kappa shape index (κ3) is 8.74. The summed E-state index contributed by atoms with van der Waals surface area (Å²) < 4.78 is 21.4. The first-order valence-electron chi connectivity index (χ1n) is 3.82. The summed E-state index contributed by atoms with van der Waals surface area (Å²) in [7, 11) is -2.77. The Morgan fingerprint density at radius 3 is 2.50 bits per heavy atom. The molecule has 0 amide bonds. The van der Waals surface area contributed by atoms with Gasteiger partial charge in [0, 0.05) is 12.0 Å². The van der Waals surface area contributed by atoms with E-state index in [-0.39, 0.29) is 5.75 Å². The van der Waals surface area contributed by atoms with Gasteiger partial charge in [-0.05, 0) is 17.4 Å². The van der Waals surface area contributed by atoms with E-state index in [2.05, 4.69) is 19.6 Å². The van der Waals surface area contributed by atoms with Crippen LogP contribution < -0.4 is 0 Å². The van der Waals surface area contributed by atoms with E-state index in [1.54, 1.807) is 11.8 Å². The second kappa shape index (κ2) is 6.16. The molecule has 0 heterocycles. The zero-order chi connectivity index (χ0) is 9.61. The molecule has 0 aromatic rings. The predicted octanol–water partition coefficient (Wildman–Crippen LogP) is 1.33. The average Bonchev–Trinajstić information content (AvgIpc) is 1.96. The lowest BCUT2D eigenvalue weighted by atomic mass is 10.3. The van der Waals surface area contributed by atoms with E-state index in [0.29, 0.717) is 11.7 Å². The minimum atomic E-state index is -2.77. The molecule has 12 heavy (non-hydrogen) atoms. The van der Waals surface area contributed by atoms with Gasteiger partial charge in [-0.15, -0.1) is 0 Å². The summed E-state index contributed by atoms with van der Waals surface area (Å²) in [4.78, 5) is 0. The van der Waals surface area contributed by atoms with Gasteiger partial charge >= 0.3 is 0 Å². The third-order valence-corrected chi connectivity index (χ3v) is 4.44. The molecule has 2 nitrogen and oxygen atoms in total. The highest BCUT2D eigenvalue weighted by molar-refractivity contribution is 8.00. The molecular weight excluding hydrogens is 212 g/mol. The summed E-state index contributed by atoms with van der Waals surface area (Å²) in [5.41, 5.74) is 0. The molecule has 0 spiro atoms. The fraction of sp³-hybridized carbons (Fsp3) is 1.00. The van der Waals surface area contributed by atoms with Crippen LogP contribution in [-0.2, 0) is 9.84 Å². The Balaban J connectivity index is 3.34. The van der Waals surface area contributed by atoms with Crippen LogP contribution >= 0.6 is 24.4 Å². The minimum absolute atomic E-state index is 0.289. The molecule has 0 saturated heterocycles. The molecule has 1 atom stereocenters. The smallest absolute Gasteiger partial charge is 0.148 e. The Bertz CT molecular complexity index is 199. The molecule has 0 aliphatic rings. The van der Waals surface area contributed by atoms with Crippen LogP contribution in [0.4, 0.5) is 0 Å². The van der Waals surface area contributed by atoms with Gasteiger partial charge in [-0.25, -0.2) is 8.42 Å². The maximum atomic E-state index is 10.7. The van der Waals surface area contributed by atoms with E-state index in [4.69, 9.17) is 0 Å². The van der Waals surface area contributed by atoms with Crippen molar-refractivity contribution in [2.45, 2.75) is 6.92 Å². The number of thioether (sulfide) groups is 1. The molecule has 1 unspecified atom stereocenters. The third-order valence-electron chi connectivity index (χ3n) is 1.31.